The van der Waals surface area contributed by atoms with Gasteiger partial charge < -0.3 is 15.2 Å². The van der Waals surface area contributed by atoms with E-state index in [9.17, 15) is 0 Å². The van der Waals surface area contributed by atoms with Crippen LogP contribution >= 0.6 is 0 Å². The quantitative estimate of drug-likeness (QED) is 0.819. The molecule has 98 valence electrons. The number of fused-ring (bicyclic) bond motifs is 1. The van der Waals surface area contributed by atoms with E-state index >= 15 is 0 Å². The molecule has 0 amide bonds. The van der Waals surface area contributed by atoms with Crippen molar-refractivity contribution in [1.82, 2.24) is 4.90 Å². The van der Waals surface area contributed by atoms with Crippen molar-refractivity contribution < 1.29 is 9.47 Å². The first-order valence-electron chi connectivity index (χ1n) is 6.61. The molecule has 2 atom stereocenters. The lowest BCUT2D eigenvalue weighted by molar-refractivity contribution is 0.157. The van der Waals surface area contributed by atoms with Gasteiger partial charge in [0.1, 0.15) is 13.2 Å². The molecule has 4 heteroatoms. The monoisotopic (exact) mass is 248 g/mol. The largest absolute Gasteiger partial charge is 0.486 e. The number of likely N-dealkylation sites (N-methyl/N-ethyl adjacent to an activating group) is 1. The van der Waals surface area contributed by atoms with Crippen LogP contribution in [0.2, 0.25) is 0 Å². The van der Waals surface area contributed by atoms with Crippen molar-refractivity contribution in [2.75, 3.05) is 26.8 Å². The zero-order valence-electron chi connectivity index (χ0n) is 10.8. The zero-order valence-corrected chi connectivity index (χ0v) is 10.8. The van der Waals surface area contributed by atoms with Crippen molar-refractivity contribution in [3.05, 3.63) is 23.8 Å². The number of benzene rings is 1. The van der Waals surface area contributed by atoms with Gasteiger partial charge >= 0.3 is 0 Å². The van der Waals surface area contributed by atoms with Crippen molar-refractivity contribution in [1.29, 1.82) is 0 Å². The molecule has 2 aliphatic rings. The molecule has 2 unspecified atom stereocenters. The molecule has 2 aliphatic heterocycles. The lowest BCUT2D eigenvalue weighted by atomic mass is 9.91. The van der Waals surface area contributed by atoms with Gasteiger partial charge in [-0.2, -0.15) is 0 Å². The Morgan fingerprint density at radius 1 is 1.22 bits per heavy atom. The lowest BCUT2D eigenvalue weighted by Crippen LogP contribution is -2.43. The highest BCUT2D eigenvalue weighted by Gasteiger charge is 2.28. The third-order valence-corrected chi connectivity index (χ3v) is 3.84. The molecule has 1 aromatic carbocycles. The topological polar surface area (TPSA) is 47.7 Å². The van der Waals surface area contributed by atoms with Crippen LogP contribution in [0.4, 0.5) is 0 Å². The van der Waals surface area contributed by atoms with Crippen LogP contribution in [-0.4, -0.2) is 37.7 Å². The van der Waals surface area contributed by atoms with Gasteiger partial charge in [-0.25, -0.2) is 0 Å². The van der Waals surface area contributed by atoms with Gasteiger partial charge in [0.05, 0.1) is 0 Å². The number of nitrogens with two attached hydrogens (primary N) is 1. The molecule has 0 spiro atoms. The highest BCUT2D eigenvalue weighted by molar-refractivity contribution is 5.45. The standard InChI is InChI=1S/C14H20N2O2/c1-16-6-2-3-11(15)14(16)10-4-5-12-13(9-10)18-8-7-17-12/h4-5,9,11,14H,2-3,6-8,15H2,1H3. The van der Waals surface area contributed by atoms with Crippen LogP contribution < -0.4 is 15.2 Å². The molecule has 0 aliphatic carbocycles. The maximum Gasteiger partial charge on any atom is 0.161 e. The molecule has 2 N–H and O–H groups in total. The van der Waals surface area contributed by atoms with Crippen molar-refractivity contribution in [3.8, 4) is 11.5 Å². The Labute approximate surface area is 108 Å². The van der Waals surface area contributed by atoms with Gasteiger partial charge in [-0.3, -0.25) is 4.90 Å². The summed E-state index contributed by atoms with van der Waals surface area (Å²) in [6.07, 6.45) is 2.27. The Morgan fingerprint density at radius 3 is 2.78 bits per heavy atom. The maximum absolute atomic E-state index is 6.26. The summed E-state index contributed by atoms with van der Waals surface area (Å²) in [5, 5.41) is 0. The number of rotatable bonds is 1. The van der Waals surface area contributed by atoms with Crippen LogP contribution in [0.25, 0.3) is 0 Å². The lowest BCUT2D eigenvalue weighted by Gasteiger charge is -2.38. The first kappa shape index (κ1) is 11.8. The zero-order chi connectivity index (χ0) is 12.5. The molecule has 1 saturated heterocycles. The minimum Gasteiger partial charge on any atom is -0.486 e. The van der Waals surface area contributed by atoms with Crippen LogP contribution in [0.1, 0.15) is 24.4 Å². The van der Waals surface area contributed by atoms with Gasteiger partial charge in [0.15, 0.2) is 11.5 Å². The third-order valence-electron chi connectivity index (χ3n) is 3.84. The Morgan fingerprint density at radius 2 is 2.00 bits per heavy atom. The number of hydrogen-bond donors (Lipinski definition) is 1. The fraction of sp³-hybridized carbons (Fsp3) is 0.571. The average Bonchev–Trinajstić information content (AvgIpc) is 2.38. The van der Waals surface area contributed by atoms with E-state index in [1.807, 2.05) is 6.07 Å². The molecule has 4 nitrogen and oxygen atoms in total. The molecular formula is C14H20N2O2. The van der Waals surface area contributed by atoms with Gasteiger partial charge in [-0.15, -0.1) is 0 Å². The summed E-state index contributed by atoms with van der Waals surface area (Å²) in [4.78, 5) is 2.33. The van der Waals surface area contributed by atoms with E-state index in [1.54, 1.807) is 0 Å². The van der Waals surface area contributed by atoms with Crippen LogP contribution in [0, 0.1) is 0 Å². The van der Waals surface area contributed by atoms with Crippen molar-refractivity contribution in [2.24, 2.45) is 5.73 Å². The first-order valence-corrected chi connectivity index (χ1v) is 6.61. The average molecular weight is 248 g/mol. The second-order valence-electron chi connectivity index (χ2n) is 5.13. The van der Waals surface area contributed by atoms with Crippen LogP contribution in [0.5, 0.6) is 11.5 Å². The predicted octanol–water partition coefficient (Wildman–Crippen LogP) is 1.55. The van der Waals surface area contributed by atoms with Gasteiger partial charge in [0.25, 0.3) is 0 Å². The van der Waals surface area contributed by atoms with Crippen LogP contribution in [-0.2, 0) is 0 Å². The molecule has 1 aromatic rings. The van der Waals surface area contributed by atoms with Crippen molar-refractivity contribution in [3.63, 3.8) is 0 Å². The summed E-state index contributed by atoms with van der Waals surface area (Å²) in [5.41, 5.74) is 7.49. The van der Waals surface area contributed by atoms with Crippen LogP contribution in [0.3, 0.4) is 0 Å². The van der Waals surface area contributed by atoms with E-state index < -0.39 is 0 Å². The Balaban J connectivity index is 1.91. The molecule has 0 aromatic heterocycles. The SMILES string of the molecule is CN1CCCC(N)C1c1ccc2c(c1)OCCO2. The summed E-state index contributed by atoms with van der Waals surface area (Å²) in [6, 6.07) is 6.68. The Bertz CT molecular complexity index is 426. The number of ether oxygens (including phenoxy) is 2. The summed E-state index contributed by atoms with van der Waals surface area (Å²) >= 11 is 0. The van der Waals surface area contributed by atoms with E-state index in [4.69, 9.17) is 15.2 Å². The van der Waals surface area contributed by atoms with E-state index in [1.165, 1.54) is 12.0 Å². The van der Waals surface area contributed by atoms with Crippen LogP contribution in [0.15, 0.2) is 18.2 Å². The van der Waals surface area contributed by atoms with Gasteiger partial charge in [-0.1, -0.05) is 6.07 Å². The molecule has 0 bridgehead atoms. The first-order chi connectivity index (χ1) is 8.75. The minimum absolute atomic E-state index is 0.200. The highest BCUT2D eigenvalue weighted by Crippen LogP contribution is 2.36. The molecule has 1 fully saturated rings. The predicted molar refractivity (Wildman–Crippen MR) is 70.0 cm³/mol. The third kappa shape index (κ3) is 2.06. The molecule has 3 rings (SSSR count). The molecule has 0 radical (unpaired) electrons. The van der Waals surface area contributed by atoms with E-state index in [0.717, 1.165) is 24.5 Å². The van der Waals surface area contributed by atoms with Gasteiger partial charge in [0.2, 0.25) is 0 Å². The number of nitrogens with zero attached hydrogens (tertiary/aromatic N) is 1. The molecule has 18 heavy (non-hydrogen) atoms. The summed E-state index contributed by atoms with van der Waals surface area (Å²) in [7, 11) is 2.14. The minimum atomic E-state index is 0.200. The van der Waals surface area contributed by atoms with Crippen molar-refractivity contribution >= 4 is 0 Å². The molecular weight excluding hydrogens is 228 g/mol. The number of piperidine rings is 1. The van der Waals surface area contributed by atoms with Gasteiger partial charge in [0, 0.05) is 12.1 Å². The van der Waals surface area contributed by atoms with Gasteiger partial charge in [-0.05, 0) is 44.1 Å². The fourth-order valence-corrected chi connectivity index (χ4v) is 2.95. The molecule has 2 heterocycles. The normalized spacial score (nSPS) is 28.1. The number of hydrogen-bond acceptors (Lipinski definition) is 4. The summed E-state index contributed by atoms with van der Waals surface area (Å²) in [6.45, 7) is 2.37. The highest BCUT2D eigenvalue weighted by atomic mass is 16.6. The Kier molecular flexibility index (Phi) is 3.14. The summed E-state index contributed by atoms with van der Waals surface area (Å²) in [5.74, 6) is 1.70. The van der Waals surface area contributed by atoms with E-state index in [2.05, 4.69) is 24.1 Å². The summed E-state index contributed by atoms with van der Waals surface area (Å²) < 4.78 is 11.2. The smallest absolute Gasteiger partial charge is 0.161 e. The number of likely N-dealkylation sites (tertiary alicyclic amines) is 1. The maximum atomic E-state index is 6.26. The second-order valence-corrected chi connectivity index (χ2v) is 5.13. The van der Waals surface area contributed by atoms with E-state index in [-0.39, 0.29) is 12.1 Å². The van der Waals surface area contributed by atoms with E-state index in [0.29, 0.717) is 13.2 Å². The second kappa shape index (κ2) is 4.78. The Hall–Kier alpha value is -1.26. The van der Waals surface area contributed by atoms with Crippen molar-refractivity contribution in [2.45, 2.75) is 24.9 Å². The molecule has 0 saturated carbocycles. The fourth-order valence-electron chi connectivity index (χ4n) is 2.95.